The molecule has 1 aromatic rings. The van der Waals surface area contributed by atoms with Gasteiger partial charge in [-0.15, -0.1) is 0 Å². The van der Waals surface area contributed by atoms with Crippen LogP contribution in [0.1, 0.15) is 18.4 Å². The van der Waals surface area contributed by atoms with E-state index in [4.69, 9.17) is 4.74 Å². The second-order valence-corrected chi connectivity index (χ2v) is 4.14. The van der Waals surface area contributed by atoms with Crippen molar-refractivity contribution in [1.29, 1.82) is 0 Å². The van der Waals surface area contributed by atoms with Gasteiger partial charge in [0.25, 0.3) is 12.0 Å². The molecule has 0 spiro atoms. The van der Waals surface area contributed by atoms with Crippen LogP contribution >= 0.6 is 15.9 Å². The molecule has 0 aliphatic carbocycles. The minimum absolute atomic E-state index is 0.109. The molecule has 0 aromatic carbocycles. The summed E-state index contributed by atoms with van der Waals surface area (Å²) in [6.45, 7) is 1.39. The molecule has 0 saturated carbocycles. The summed E-state index contributed by atoms with van der Waals surface area (Å²) in [7, 11) is 0. The molecule has 0 saturated heterocycles. The van der Waals surface area contributed by atoms with Gasteiger partial charge < -0.3 is 9.72 Å². The van der Waals surface area contributed by atoms with Crippen molar-refractivity contribution in [2.45, 2.75) is 26.2 Å². The summed E-state index contributed by atoms with van der Waals surface area (Å²) in [4.78, 5) is 18.2. The third kappa shape index (κ3) is 4.51. The van der Waals surface area contributed by atoms with Gasteiger partial charge in [0.15, 0.2) is 0 Å². The van der Waals surface area contributed by atoms with Crippen LogP contribution in [-0.4, -0.2) is 29.6 Å². The predicted molar refractivity (Wildman–Crippen MR) is 62.5 cm³/mol. The van der Waals surface area contributed by atoms with Gasteiger partial charge in [-0.3, -0.25) is 4.79 Å². The van der Waals surface area contributed by atoms with Crippen molar-refractivity contribution < 1.29 is 13.5 Å². The largest absolute Gasteiger partial charge is 0.375 e. The van der Waals surface area contributed by atoms with E-state index in [1.165, 1.54) is 0 Å². The quantitative estimate of drug-likeness (QED) is 0.817. The van der Waals surface area contributed by atoms with Crippen molar-refractivity contribution in [3.8, 4) is 0 Å². The van der Waals surface area contributed by atoms with E-state index in [2.05, 4.69) is 25.9 Å². The molecule has 96 valence electrons. The first-order valence-electron chi connectivity index (χ1n) is 5.18. The number of hydrogen-bond donors (Lipinski definition) is 1. The Kier molecular flexibility index (Phi) is 5.70. The molecule has 0 radical (unpaired) electrons. The molecule has 0 fully saturated rings. The highest BCUT2D eigenvalue weighted by Gasteiger charge is 2.08. The van der Waals surface area contributed by atoms with E-state index in [0.29, 0.717) is 28.8 Å². The molecular formula is C10H13BrF2N2O2. The van der Waals surface area contributed by atoms with Crippen molar-refractivity contribution in [3.05, 3.63) is 26.3 Å². The second kappa shape index (κ2) is 6.80. The smallest absolute Gasteiger partial charge is 0.265 e. The lowest BCUT2D eigenvalue weighted by Gasteiger charge is -2.05. The van der Waals surface area contributed by atoms with E-state index in [1.807, 2.05) is 6.92 Å². The normalized spacial score (nSPS) is 11.1. The van der Waals surface area contributed by atoms with E-state index < -0.39 is 13.0 Å². The Morgan fingerprint density at radius 1 is 1.53 bits per heavy atom. The first-order chi connectivity index (χ1) is 8.04. The highest BCUT2D eigenvalue weighted by Crippen LogP contribution is 2.09. The number of rotatable bonds is 6. The van der Waals surface area contributed by atoms with Crippen molar-refractivity contribution in [2.24, 2.45) is 0 Å². The molecule has 17 heavy (non-hydrogen) atoms. The van der Waals surface area contributed by atoms with Crippen LogP contribution in [0.2, 0.25) is 0 Å². The summed E-state index contributed by atoms with van der Waals surface area (Å²) in [6, 6.07) is 0. The third-order valence-corrected chi connectivity index (χ3v) is 2.86. The van der Waals surface area contributed by atoms with Gasteiger partial charge in [0.1, 0.15) is 16.9 Å². The van der Waals surface area contributed by atoms with Gasteiger partial charge in [-0.05, 0) is 22.4 Å². The highest BCUT2D eigenvalue weighted by atomic mass is 79.9. The van der Waals surface area contributed by atoms with Crippen molar-refractivity contribution in [3.63, 3.8) is 0 Å². The highest BCUT2D eigenvalue weighted by molar-refractivity contribution is 9.10. The lowest BCUT2D eigenvalue weighted by Crippen LogP contribution is -2.17. The summed E-state index contributed by atoms with van der Waals surface area (Å²) >= 11 is 3.14. The Labute approximate surface area is 106 Å². The van der Waals surface area contributed by atoms with E-state index in [0.717, 1.165) is 0 Å². The van der Waals surface area contributed by atoms with Gasteiger partial charge in [0.2, 0.25) is 0 Å². The molecule has 4 nitrogen and oxygen atoms in total. The topological polar surface area (TPSA) is 55.0 Å². The van der Waals surface area contributed by atoms with E-state index in [9.17, 15) is 13.6 Å². The zero-order chi connectivity index (χ0) is 12.8. The molecule has 0 amide bonds. The Morgan fingerprint density at radius 2 is 2.24 bits per heavy atom. The predicted octanol–water partition coefficient (Wildman–Crippen LogP) is 1.92. The summed E-state index contributed by atoms with van der Waals surface area (Å²) in [6.07, 6.45) is -1.55. The zero-order valence-electron chi connectivity index (χ0n) is 9.30. The standard InChI is InChI=1S/C10H13BrF2N2O2/c1-2-6-9(11)10(16)15-8(14-6)3-4-17-5-7(12)13/h7H,2-5H2,1H3,(H,14,15,16). The first kappa shape index (κ1) is 14.2. The average molecular weight is 311 g/mol. The molecule has 1 N–H and O–H groups in total. The monoisotopic (exact) mass is 310 g/mol. The van der Waals surface area contributed by atoms with Crippen LogP contribution < -0.4 is 5.56 Å². The number of halogens is 3. The van der Waals surface area contributed by atoms with Crippen molar-refractivity contribution in [2.75, 3.05) is 13.2 Å². The lowest BCUT2D eigenvalue weighted by atomic mass is 10.3. The van der Waals surface area contributed by atoms with Crippen LogP contribution in [0.5, 0.6) is 0 Å². The van der Waals surface area contributed by atoms with Crippen LogP contribution in [0, 0.1) is 0 Å². The SMILES string of the molecule is CCc1nc(CCOCC(F)F)[nH]c(=O)c1Br. The van der Waals surface area contributed by atoms with Crippen LogP contribution in [0.25, 0.3) is 0 Å². The summed E-state index contributed by atoms with van der Waals surface area (Å²) in [5.74, 6) is 0.448. The molecular weight excluding hydrogens is 298 g/mol. The number of aromatic nitrogens is 2. The molecule has 1 aromatic heterocycles. The summed E-state index contributed by atoms with van der Waals surface area (Å²) in [5, 5.41) is 0. The number of H-pyrrole nitrogens is 1. The van der Waals surface area contributed by atoms with Crippen LogP contribution in [0.3, 0.4) is 0 Å². The van der Waals surface area contributed by atoms with Crippen LogP contribution in [0.15, 0.2) is 9.27 Å². The van der Waals surface area contributed by atoms with Gasteiger partial charge in [-0.1, -0.05) is 6.92 Å². The number of nitrogens with one attached hydrogen (secondary N) is 1. The van der Waals surface area contributed by atoms with E-state index >= 15 is 0 Å². The van der Waals surface area contributed by atoms with Gasteiger partial charge in [0.05, 0.1) is 12.3 Å². The second-order valence-electron chi connectivity index (χ2n) is 3.34. The number of alkyl halides is 2. The average Bonchev–Trinajstić information content (AvgIpc) is 2.28. The summed E-state index contributed by atoms with van der Waals surface area (Å²) in [5.41, 5.74) is 0.387. The van der Waals surface area contributed by atoms with Crippen molar-refractivity contribution >= 4 is 15.9 Å². The molecule has 0 bridgehead atoms. The van der Waals surface area contributed by atoms with E-state index in [1.54, 1.807) is 0 Å². The molecule has 0 aliphatic heterocycles. The number of aryl methyl sites for hydroxylation is 1. The molecule has 1 rings (SSSR count). The van der Waals surface area contributed by atoms with Gasteiger partial charge in [-0.2, -0.15) is 0 Å². The minimum Gasteiger partial charge on any atom is -0.375 e. The third-order valence-electron chi connectivity index (χ3n) is 2.04. The molecule has 1 heterocycles. The number of aromatic amines is 1. The number of ether oxygens (including phenoxy) is 1. The lowest BCUT2D eigenvalue weighted by molar-refractivity contribution is 0.0182. The first-order valence-corrected chi connectivity index (χ1v) is 5.97. The maximum atomic E-state index is 11.8. The Balaban J connectivity index is 2.60. The van der Waals surface area contributed by atoms with Crippen LogP contribution in [0.4, 0.5) is 8.78 Å². The summed E-state index contributed by atoms with van der Waals surface area (Å²) < 4.78 is 28.7. The van der Waals surface area contributed by atoms with Gasteiger partial charge in [0, 0.05) is 6.42 Å². The fourth-order valence-electron chi connectivity index (χ4n) is 1.25. The minimum atomic E-state index is -2.47. The zero-order valence-corrected chi connectivity index (χ0v) is 10.9. The fourth-order valence-corrected chi connectivity index (χ4v) is 1.72. The number of hydrogen-bond acceptors (Lipinski definition) is 3. The Hall–Kier alpha value is -0.820. The Morgan fingerprint density at radius 3 is 2.82 bits per heavy atom. The van der Waals surface area contributed by atoms with E-state index in [-0.39, 0.29) is 12.2 Å². The maximum absolute atomic E-state index is 11.8. The fraction of sp³-hybridized carbons (Fsp3) is 0.600. The van der Waals surface area contributed by atoms with Crippen molar-refractivity contribution in [1.82, 2.24) is 9.97 Å². The van der Waals surface area contributed by atoms with Crippen LogP contribution in [-0.2, 0) is 17.6 Å². The Bertz CT molecular complexity index is 423. The molecule has 7 heteroatoms. The van der Waals surface area contributed by atoms with Gasteiger partial charge in [-0.25, -0.2) is 13.8 Å². The molecule has 0 unspecified atom stereocenters. The molecule has 0 atom stereocenters. The maximum Gasteiger partial charge on any atom is 0.265 e. The van der Waals surface area contributed by atoms with Gasteiger partial charge >= 0.3 is 0 Å². The number of nitrogens with zero attached hydrogens (tertiary/aromatic N) is 1. The molecule has 0 aliphatic rings.